The van der Waals surface area contributed by atoms with Crippen LogP contribution in [-0.4, -0.2) is 27.1 Å². The van der Waals surface area contributed by atoms with Gasteiger partial charge >= 0.3 is 0 Å². The van der Waals surface area contributed by atoms with E-state index in [0.717, 1.165) is 23.4 Å². The van der Waals surface area contributed by atoms with Crippen LogP contribution in [0, 0.1) is 0 Å². The second kappa shape index (κ2) is 5.60. The lowest BCUT2D eigenvalue weighted by atomic mass is 10.1. The topological polar surface area (TPSA) is 58.1 Å². The summed E-state index contributed by atoms with van der Waals surface area (Å²) in [7, 11) is 0. The number of carbonyl (C=O) groups excluding carboxylic acids is 1. The first kappa shape index (κ1) is 13.7. The number of H-pyrrole nitrogens is 1. The summed E-state index contributed by atoms with van der Waals surface area (Å²) < 4.78 is 1.57. The number of nitrogens with one attached hydrogen (secondary N) is 1. The first-order valence-electron chi connectivity index (χ1n) is 7.36. The average Bonchev–Trinajstić information content (AvgIpc) is 2.85. The summed E-state index contributed by atoms with van der Waals surface area (Å²) in [4.78, 5) is 26.3. The van der Waals surface area contributed by atoms with Gasteiger partial charge in [0.25, 0.3) is 5.56 Å². The molecule has 0 fully saturated rings. The monoisotopic (exact) mass is 285 g/mol. The van der Waals surface area contributed by atoms with Crippen LogP contribution in [0.5, 0.6) is 0 Å². The normalized spacial score (nSPS) is 14.0. The van der Waals surface area contributed by atoms with Gasteiger partial charge in [-0.15, -0.1) is 0 Å². The van der Waals surface area contributed by atoms with Gasteiger partial charge in [0.1, 0.15) is 0 Å². The van der Waals surface area contributed by atoms with Crippen LogP contribution in [0.15, 0.2) is 35.1 Å². The molecular weight excluding hydrogens is 266 g/mol. The minimum absolute atomic E-state index is 0.0507. The summed E-state index contributed by atoms with van der Waals surface area (Å²) in [5.74, 6) is 0.134. The molecule has 1 aliphatic rings. The van der Waals surface area contributed by atoms with Crippen molar-refractivity contribution < 1.29 is 4.79 Å². The van der Waals surface area contributed by atoms with Gasteiger partial charge in [0.2, 0.25) is 5.91 Å². The van der Waals surface area contributed by atoms with Crippen molar-refractivity contribution in [3.63, 3.8) is 0 Å². The third-order valence-electron chi connectivity index (χ3n) is 3.88. The SMILES string of the molecule is CCCC(=O)N1CCc2[nH]n(-c3ccccc3)c(=O)c2C1. The van der Waals surface area contributed by atoms with Gasteiger partial charge in [-0.1, -0.05) is 25.1 Å². The molecule has 0 aliphatic carbocycles. The highest BCUT2D eigenvalue weighted by Gasteiger charge is 2.25. The molecule has 110 valence electrons. The van der Waals surface area contributed by atoms with E-state index in [0.29, 0.717) is 25.9 Å². The molecule has 1 aromatic carbocycles. The van der Waals surface area contributed by atoms with Crippen molar-refractivity contribution in [3.05, 3.63) is 51.9 Å². The molecule has 0 bridgehead atoms. The highest BCUT2D eigenvalue weighted by atomic mass is 16.2. The number of benzene rings is 1. The molecule has 1 aromatic heterocycles. The Morgan fingerprint density at radius 2 is 2.05 bits per heavy atom. The van der Waals surface area contributed by atoms with Gasteiger partial charge < -0.3 is 4.90 Å². The summed E-state index contributed by atoms with van der Waals surface area (Å²) in [6.07, 6.45) is 2.09. The third-order valence-corrected chi connectivity index (χ3v) is 3.88. The maximum absolute atomic E-state index is 12.5. The van der Waals surface area contributed by atoms with Crippen LogP contribution in [0.2, 0.25) is 0 Å². The molecule has 5 nitrogen and oxygen atoms in total. The predicted molar refractivity (Wildman–Crippen MR) is 80.4 cm³/mol. The van der Waals surface area contributed by atoms with E-state index in [4.69, 9.17) is 0 Å². The third kappa shape index (κ3) is 2.51. The van der Waals surface area contributed by atoms with Crippen LogP contribution in [-0.2, 0) is 17.8 Å². The van der Waals surface area contributed by atoms with E-state index in [1.165, 1.54) is 0 Å². The van der Waals surface area contributed by atoms with E-state index in [1.807, 2.05) is 37.3 Å². The molecule has 1 amide bonds. The highest BCUT2D eigenvalue weighted by Crippen LogP contribution is 2.16. The second-order valence-corrected chi connectivity index (χ2v) is 5.36. The Hall–Kier alpha value is -2.30. The predicted octanol–water partition coefficient (Wildman–Crippen LogP) is 1.85. The molecule has 0 saturated carbocycles. The van der Waals surface area contributed by atoms with Crippen molar-refractivity contribution in [2.24, 2.45) is 0 Å². The van der Waals surface area contributed by atoms with Crippen LogP contribution < -0.4 is 5.56 Å². The summed E-state index contributed by atoms with van der Waals surface area (Å²) in [6, 6.07) is 9.51. The number of rotatable bonds is 3. The molecule has 21 heavy (non-hydrogen) atoms. The molecule has 3 rings (SSSR count). The molecule has 0 saturated heterocycles. The van der Waals surface area contributed by atoms with Gasteiger partial charge in [0.05, 0.1) is 17.8 Å². The van der Waals surface area contributed by atoms with E-state index >= 15 is 0 Å². The lowest BCUT2D eigenvalue weighted by Crippen LogP contribution is -2.37. The molecule has 0 atom stereocenters. The maximum Gasteiger partial charge on any atom is 0.276 e. The zero-order valence-corrected chi connectivity index (χ0v) is 12.1. The van der Waals surface area contributed by atoms with Crippen molar-refractivity contribution in [3.8, 4) is 5.69 Å². The van der Waals surface area contributed by atoms with Crippen LogP contribution in [0.1, 0.15) is 31.0 Å². The Morgan fingerprint density at radius 1 is 1.29 bits per heavy atom. The minimum atomic E-state index is -0.0507. The Labute approximate surface area is 123 Å². The number of amides is 1. The van der Waals surface area contributed by atoms with Gasteiger partial charge in [-0.3, -0.25) is 14.7 Å². The van der Waals surface area contributed by atoms with Crippen LogP contribution in [0.4, 0.5) is 0 Å². The molecule has 2 heterocycles. The Bertz CT molecular complexity index is 700. The largest absolute Gasteiger partial charge is 0.338 e. The first-order valence-corrected chi connectivity index (χ1v) is 7.36. The van der Waals surface area contributed by atoms with Gasteiger partial charge in [0.15, 0.2) is 0 Å². The molecule has 0 radical (unpaired) electrons. The van der Waals surface area contributed by atoms with E-state index in [-0.39, 0.29) is 11.5 Å². The molecule has 1 aliphatic heterocycles. The summed E-state index contributed by atoms with van der Waals surface area (Å²) in [5, 5.41) is 3.18. The zero-order valence-electron chi connectivity index (χ0n) is 12.1. The second-order valence-electron chi connectivity index (χ2n) is 5.36. The number of nitrogens with zero attached hydrogens (tertiary/aromatic N) is 2. The van der Waals surface area contributed by atoms with E-state index in [2.05, 4.69) is 5.10 Å². The Morgan fingerprint density at radius 3 is 2.76 bits per heavy atom. The quantitative estimate of drug-likeness (QED) is 0.935. The molecule has 0 unspecified atom stereocenters. The number of aromatic amines is 1. The molecule has 0 spiro atoms. The van der Waals surface area contributed by atoms with Gasteiger partial charge in [-0.05, 0) is 18.6 Å². The van der Waals surface area contributed by atoms with Gasteiger partial charge in [0, 0.05) is 25.1 Å². The van der Waals surface area contributed by atoms with Crippen molar-refractivity contribution >= 4 is 5.91 Å². The Balaban J connectivity index is 1.92. The number of fused-ring (bicyclic) bond motifs is 1. The fourth-order valence-electron chi connectivity index (χ4n) is 2.75. The van der Waals surface area contributed by atoms with Gasteiger partial charge in [-0.2, -0.15) is 0 Å². The standard InChI is InChI=1S/C16H19N3O2/c1-2-6-15(20)18-10-9-14-13(11-18)16(21)19(17-14)12-7-4-3-5-8-12/h3-5,7-8,17H,2,6,9-11H2,1H3. The summed E-state index contributed by atoms with van der Waals surface area (Å²) in [6.45, 7) is 3.09. The van der Waals surface area contributed by atoms with Crippen molar-refractivity contribution in [1.29, 1.82) is 0 Å². The van der Waals surface area contributed by atoms with Crippen molar-refractivity contribution in [1.82, 2.24) is 14.7 Å². The summed E-state index contributed by atoms with van der Waals surface area (Å²) in [5.41, 5.74) is 2.44. The molecule has 2 aromatic rings. The maximum atomic E-state index is 12.5. The number of hydrogen-bond acceptors (Lipinski definition) is 2. The number of carbonyl (C=O) groups is 1. The lowest BCUT2D eigenvalue weighted by molar-refractivity contribution is -0.132. The van der Waals surface area contributed by atoms with Crippen LogP contribution in [0.3, 0.4) is 0 Å². The average molecular weight is 285 g/mol. The van der Waals surface area contributed by atoms with E-state index < -0.39 is 0 Å². The van der Waals surface area contributed by atoms with Crippen LogP contribution in [0.25, 0.3) is 5.69 Å². The molecule has 5 heteroatoms. The van der Waals surface area contributed by atoms with Crippen molar-refractivity contribution in [2.75, 3.05) is 6.54 Å². The zero-order chi connectivity index (χ0) is 14.8. The van der Waals surface area contributed by atoms with Gasteiger partial charge in [-0.25, -0.2) is 4.68 Å². The summed E-state index contributed by atoms with van der Waals surface area (Å²) >= 11 is 0. The number of hydrogen-bond donors (Lipinski definition) is 1. The number of para-hydroxylation sites is 1. The van der Waals surface area contributed by atoms with Crippen molar-refractivity contribution in [2.45, 2.75) is 32.7 Å². The highest BCUT2D eigenvalue weighted by molar-refractivity contribution is 5.76. The Kier molecular flexibility index (Phi) is 3.64. The molecule has 1 N–H and O–H groups in total. The fraction of sp³-hybridized carbons (Fsp3) is 0.375. The minimum Gasteiger partial charge on any atom is -0.338 e. The first-order chi connectivity index (χ1) is 10.2. The smallest absolute Gasteiger partial charge is 0.276 e. The molecular formula is C16H19N3O2. The van der Waals surface area contributed by atoms with Crippen LogP contribution >= 0.6 is 0 Å². The number of aromatic nitrogens is 2. The lowest BCUT2D eigenvalue weighted by Gasteiger charge is -2.25. The van der Waals surface area contributed by atoms with E-state index in [1.54, 1.807) is 9.58 Å². The van der Waals surface area contributed by atoms with E-state index in [9.17, 15) is 9.59 Å². The fourth-order valence-corrected chi connectivity index (χ4v) is 2.75.